The molecule has 128 valence electrons. The maximum absolute atomic E-state index is 11.1. The van der Waals surface area contributed by atoms with E-state index in [2.05, 4.69) is 10.2 Å². The minimum atomic E-state index is -0.864. The van der Waals surface area contributed by atoms with Gasteiger partial charge in [0.05, 0.1) is 12.8 Å². The van der Waals surface area contributed by atoms with Crippen LogP contribution >= 0.6 is 11.6 Å². The van der Waals surface area contributed by atoms with Gasteiger partial charge < -0.3 is 9.84 Å². The lowest BCUT2D eigenvalue weighted by atomic mass is 9.85. The Morgan fingerprint density at radius 2 is 1.84 bits per heavy atom. The summed E-state index contributed by atoms with van der Waals surface area (Å²) in [6, 6.07) is 14.8. The summed E-state index contributed by atoms with van der Waals surface area (Å²) in [6.07, 6.45) is 2.24. The number of carboxylic acid groups (broad SMARTS) is 1. The molecule has 1 heterocycles. The lowest BCUT2D eigenvalue weighted by molar-refractivity contribution is -0.137. The van der Waals surface area contributed by atoms with Gasteiger partial charge in [-0.05, 0) is 42.3 Å². The van der Waals surface area contributed by atoms with Gasteiger partial charge in [-0.3, -0.25) is 4.79 Å². The van der Waals surface area contributed by atoms with E-state index in [0.29, 0.717) is 17.1 Å². The maximum Gasteiger partial charge on any atom is 0.303 e. The minimum absolute atomic E-state index is 0.00452. The fourth-order valence-corrected chi connectivity index (χ4v) is 2.90. The third-order valence-electron chi connectivity index (χ3n) is 4.16. The molecule has 3 rings (SSSR count). The van der Waals surface area contributed by atoms with Gasteiger partial charge in [0, 0.05) is 17.0 Å². The molecule has 0 spiro atoms. The third kappa shape index (κ3) is 3.72. The summed E-state index contributed by atoms with van der Waals surface area (Å²) < 4.78 is 5.19. The maximum atomic E-state index is 11.1. The van der Waals surface area contributed by atoms with Crippen LogP contribution in [0.25, 0.3) is 5.70 Å². The van der Waals surface area contributed by atoms with Crippen LogP contribution in [0.15, 0.2) is 64.8 Å². The summed E-state index contributed by atoms with van der Waals surface area (Å²) in [5.74, 6) is -0.134. The largest absolute Gasteiger partial charge is 0.497 e. The van der Waals surface area contributed by atoms with Crippen LogP contribution in [0.1, 0.15) is 24.0 Å². The average Bonchev–Trinajstić information content (AvgIpc) is 3.06. The second kappa shape index (κ2) is 7.07. The SMILES string of the molecule is COc1ccc(C2(CCC(=O)O)C=C(c3ccc(Cl)cc3)N=N2)cc1. The number of hydrogen-bond acceptors (Lipinski definition) is 4. The minimum Gasteiger partial charge on any atom is -0.497 e. The van der Waals surface area contributed by atoms with Crippen LogP contribution in [0, 0.1) is 0 Å². The van der Waals surface area contributed by atoms with Crippen molar-refractivity contribution in [1.82, 2.24) is 0 Å². The molecular formula is C19H17ClN2O3. The Kier molecular flexibility index (Phi) is 4.86. The van der Waals surface area contributed by atoms with Crippen molar-refractivity contribution >= 4 is 23.3 Å². The van der Waals surface area contributed by atoms with E-state index in [1.54, 1.807) is 19.2 Å². The topological polar surface area (TPSA) is 71.2 Å². The van der Waals surface area contributed by atoms with Gasteiger partial charge in [-0.15, -0.1) is 0 Å². The lowest BCUT2D eigenvalue weighted by Gasteiger charge is -2.22. The number of carbonyl (C=O) groups is 1. The quantitative estimate of drug-likeness (QED) is 0.798. The Morgan fingerprint density at radius 3 is 2.44 bits per heavy atom. The van der Waals surface area contributed by atoms with Crippen LogP contribution in [0.5, 0.6) is 5.75 Å². The molecule has 0 radical (unpaired) electrons. The van der Waals surface area contributed by atoms with E-state index in [-0.39, 0.29) is 6.42 Å². The summed E-state index contributed by atoms with van der Waals surface area (Å²) in [7, 11) is 1.60. The number of rotatable bonds is 6. The van der Waals surface area contributed by atoms with Crippen molar-refractivity contribution in [2.75, 3.05) is 7.11 Å². The highest BCUT2D eigenvalue weighted by Gasteiger charge is 2.35. The number of benzene rings is 2. The number of ether oxygens (including phenoxy) is 1. The zero-order valence-electron chi connectivity index (χ0n) is 13.6. The summed E-state index contributed by atoms with van der Waals surface area (Å²) in [6.45, 7) is 0. The van der Waals surface area contributed by atoms with Crippen LogP contribution in [0.2, 0.25) is 5.02 Å². The molecule has 1 atom stereocenters. The molecule has 0 saturated heterocycles. The van der Waals surface area contributed by atoms with Crippen molar-refractivity contribution in [2.24, 2.45) is 10.2 Å². The zero-order valence-corrected chi connectivity index (χ0v) is 14.4. The zero-order chi connectivity index (χ0) is 17.9. The van der Waals surface area contributed by atoms with Gasteiger partial charge in [0.25, 0.3) is 0 Å². The van der Waals surface area contributed by atoms with Crippen LogP contribution in [-0.4, -0.2) is 18.2 Å². The second-order valence-corrected chi connectivity index (χ2v) is 6.22. The van der Waals surface area contributed by atoms with Crippen LogP contribution < -0.4 is 4.74 Å². The van der Waals surface area contributed by atoms with E-state index in [9.17, 15) is 4.79 Å². The molecule has 1 aliphatic heterocycles. The molecule has 2 aromatic carbocycles. The number of methoxy groups -OCH3 is 1. The molecule has 0 aromatic heterocycles. The molecule has 6 heteroatoms. The Morgan fingerprint density at radius 1 is 1.16 bits per heavy atom. The number of carboxylic acids is 1. The van der Waals surface area contributed by atoms with E-state index >= 15 is 0 Å². The molecule has 1 aliphatic rings. The van der Waals surface area contributed by atoms with Crippen molar-refractivity contribution in [3.63, 3.8) is 0 Å². The first-order chi connectivity index (χ1) is 12.0. The first-order valence-corrected chi connectivity index (χ1v) is 8.18. The van der Waals surface area contributed by atoms with E-state index in [1.165, 1.54) is 0 Å². The summed E-state index contributed by atoms with van der Waals surface area (Å²) >= 11 is 5.93. The van der Waals surface area contributed by atoms with Gasteiger partial charge in [0.15, 0.2) is 0 Å². The van der Waals surface area contributed by atoms with E-state index in [1.807, 2.05) is 42.5 Å². The Balaban J connectivity index is 1.99. The highest BCUT2D eigenvalue weighted by atomic mass is 35.5. The van der Waals surface area contributed by atoms with Gasteiger partial charge in [0.1, 0.15) is 11.3 Å². The monoisotopic (exact) mass is 356 g/mol. The van der Waals surface area contributed by atoms with Crippen molar-refractivity contribution in [3.8, 4) is 5.75 Å². The third-order valence-corrected chi connectivity index (χ3v) is 4.41. The van der Waals surface area contributed by atoms with Crippen LogP contribution in [0.4, 0.5) is 0 Å². The number of aliphatic carboxylic acids is 1. The fraction of sp³-hybridized carbons (Fsp3) is 0.211. The average molecular weight is 357 g/mol. The van der Waals surface area contributed by atoms with E-state index in [4.69, 9.17) is 21.4 Å². The van der Waals surface area contributed by atoms with E-state index < -0.39 is 11.5 Å². The molecule has 25 heavy (non-hydrogen) atoms. The van der Waals surface area contributed by atoms with Gasteiger partial charge in [-0.2, -0.15) is 10.2 Å². The first-order valence-electron chi connectivity index (χ1n) is 7.80. The summed E-state index contributed by atoms with van der Waals surface area (Å²) in [5, 5.41) is 18.5. The highest BCUT2D eigenvalue weighted by Crippen LogP contribution is 2.41. The normalized spacial score (nSPS) is 18.9. The molecule has 5 nitrogen and oxygen atoms in total. The lowest BCUT2D eigenvalue weighted by Crippen LogP contribution is -2.20. The summed E-state index contributed by atoms with van der Waals surface area (Å²) in [4.78, 5) is 11.1. The molecule has 0 saturated carbocycles. The van der Waals surface area contributed by atoms with Gasteiger partial charge in [0.2, 0.25) is 0 Å². The molecule has 2 aromatic rings. The Hall–Kier alpha value is -2.66. The number of halogens is 1. The fourth-order valence-electron chi connectivity index (χ4n) is 2.77. The molecule has 0 aliphatic carbocycles. The van der Waals surface area contributed by atoms with Crippen molar-refractivity contribution < 1.29 is 14.6 Å². The predicted octanol–water partition coefficient (Wildman–Crippen LogP) is 4.92. The number of nitrogens with zero attached hydrogens (tertiary/aromatic N) is 2. The van der Waals surface area contributed by atoms with Gasteiger partial charge >= 0.3 is 5.97 Å². The smallest absolute Gasteiger partial charge is 0.303 e. The number of hydrogen-bond donors (Lipinski definition) is 1. The van der Waals surface area contributed by atoms with Gasteiger partial charge in [-0.1, -0.05) is 35.9 Å². The van der Waals surface area contributed by atoms with Crippen LogP contribution in [0.3, 0.4) is 0 Å². The Labute approximate surface area is 150 Å². The molecule has 1 unspecified atom stereocenters. The highest BCUT2D eigenvalue weighted by molar-refractivity contribution is 6.30. The molecule has 0 fully saturated rings. The molecular weight excluding hydrogens is 340 g/mol. The Bertz CT molecular complexity index is 829. The molecule has 1 N–H and O–H groups in total. The van der Waals surface area contributed by atoms with E-state index in [0.717, 1.165) is 16.9 Å². The molecule has 0 bridgehead atoms. The van der Waals surface area contributed by atoms with Crippen LogP contribution in [-0.2, 0) is 10.3 Å². The van der Waals surface area contributed by atoms with Gasteiger partial charge in [-0.25, -0.2) is 0 Å². The number of azo groups is 1. The standard InChI is InChI=1S/C19H17ClN2O3/c1-25-16-8-4-14(5-9-16)19(11-10-18(23)24)12-17(21-22-19)13-2-6-15(20)7-3-13/h2-9,12H,10-11H2,1H3,(H,23,24). The second-order valence-electron chi connectivity index (χ2n) is 5.78. The first kappa shape index (κ1) is 17.2. The van der Waals surface area contributed by atoms with Crippen molar-refractivity contribution in [1.29, 1.82) is 0 Å². The van der Waals surface area contributed by atoms with Crippen molar-refractivity contribution in [3.05, 3.63) is 70.8 Å². The summed E-state index contributed by atoms with van der Waals surface area (Å²) in [5.41, 5.74) is 1.68. The predicted molar refractivity (Wildman–Crippen MR) is 95.8 cm³/mol. The molecule has 0 amide bonds. The van der Waals surface area contributed by atoms with Crippen molar-refractivity contribution in [2.45, 2.75) is 18.4 Å².